The Morgan fingerprint density at radius 1 is 1.21 bits per heavy atom. The molecule has 0 unspecified atom stereocenters. The predicted octanol–water partition coefficient (Wildman–Crippen LogP) is 5.64. The third kappa shape index (κ3) is 4.04. The van der Waals surface area contributed by atoms with Crippen LogP contribution in [0.2, 0.25) is 5.02 Å². The molecule has 0 N–H and O–H groups in total. The first kappa shape index (κ1) is 19.6. The van der Waals surface area contributed by atoms with Crippen molar-refractivity contribution in [2.75, 3.05) is 11.6 Å². The van der Waals surface area contributed by atoms with Crippen LogP contribution in [0, 0.1) is 6.92 Å². The van der Waals surface area contributed by atoms with E-state index in [9.17, 15) is 4.79 Å². The molecule has 2 aromatic carbocycles. The van der Waals surface area contributed by atoms with Crippen molar-refractivity contribution in [3.05, 3.63) is 81.3 Å². The van der Waals surface area contributed by atoms with Crippen molar-refractivity contribution in [1.82, 2.24) is 4.98 Å². The van der Waals surface area contributed by atoms with Gasteiger partial charge in [-0.25, -0.2) is 14.8 Å². The Hall–Kier alpha value is -2.70. The van der Waals surface area contributed by atoms with Crippen LogP contribution in [0.3, 0.4) is 0 Å². The molecule has 2 heterocycles. The van der Waals surface area contributed by atoms with Crippen LogP contribution in [0.25, 0.3) is 0 Å². The van der Waals surface area contributed by atoms with E-state index < -0.39 is 0 Å². The number of anilines is 1. The number of hydrogen-bond donors (Lipinski definition) is 0. The minimum absolute atomic E-state index is 0.0249. The van der Waals surface area contributed by atoms with Crippen LogP contribution < -0.4 is 5.01 Å². The van der Waals surface area contributed by atoms with E-state index in [0.29, 0.717) is 27.3 Å². The van der Waals surface area contributed by atoms with Crippen LogP contribution in [0.5, 0.6) is 0 Å². The smallest absolute Gasteiger partial charge is 0.350 e. The van der Waals surface area contributed by atoms with Crippen molar-refractivity contribution >= 4 is 39.8 Å². The maximum Gasteiger partial charge on any atom is 0.350 e. The van der Waals surface area contributed by atoms with E-state index in [0.717, 1.165) is 23.3 Å². The van der Waals surface area contributed by atoms with Crippen LogP contribution in [-0.4, -0.2) is 23.3 Å². The van der Waals surface area contributed by atoms with Crippen LogP contribution in [0.4, 0.5) is 5.13 Å². The number of benzene rings is 2. The summed E-state index contributed by atoms with van der Waals surface area (Å²) in [5, 5.41) is 8.16. The summed E-state index contributed by atoms with van der Waals surface area (Å²) in [6, 6.07) is 17.9. The number of thiazole rings is 1. The van der Waals surface area contributed by atoms with Gasteiger partial charge in [0.15, 0.2) is 0 Å². The molecule has 0 saturated heterocycles. The topological polar surface area (TPSA) is 54.8 Å². The van der Waals surface area contributed by atoms with Crippen LogP contribution in [0.1, 0.15) is 45.9 Å². The molecule has 0 bridgehead atoms. The highest BCUT2D eigenvalue weighted by Gasteiger charge is 2.33. The molecule has 1 atom stereocenters. The van der Waals surface area contributed by atoms with Crippen molar-refractivity contribution in [3.8, 4) is 0 Å². The molecule has 0 radical (unpaired) electrons. The molecule has 29 heavy (non-hydrogen) atoms. The minimum Gasteiger partial charge on any atom is -0.462 e. The highest BCUT2D eigenvalue weighted by Crippen LogP contribution is 2.39. The highest BCUT2D eigenvalue weighted by atomic mass is 35.5. The Morgan fingerprint density at radius 2 is 1.93 bits per heavy atom. The van der Waals surface area contributed by atoms with Gasteiger partial charge in [-0.15, -0.1) is 0 Å². The average Bonchev–Trinajstić information content (AvgIpc) is 3.33. The first-order valence-electron chi connectivity index (χ1n) is 9.39. The fourth-order valence-electron chi connectivity index (χ4n) is 3.30. The summed E-state index contributed by atoms with van der Waals surface area (Å²) in [7, 11) is 0. The van der Waals surface area contributed by atoms with E-state index in [2.05, 4.69) is 17.1 Å². The van der Waals surface area contributed by atoms with Gasteiger partial charge in [0.2, 0.25) is 5.13 Å². The van der Waals surface area contributed by atoms with Gasteiger partial charge in [0.1, 0.15) is 4.88 Å². The van der Waals surface area contributed by atoms with E-state index in [4.69, 9.17) is 21.4 Å². The van der Waals surface area contributed by atoms with Crippen molar-refractivity contribution in [2.45, 2.75) is 26.3 Å². The Balaban J connectivity index is 1.74. The lowest BCUT2D eigenvalue weighted by molar-refractivity contribution is 0.0531. The van der Waals surface area contributed by atoms with Crippen molar-refractivity contribution < 1.29 is 9.53 Å². The maximum atomic E-state index is 12.2. The fraction of sp³-hybridized carbons (Fsp3) is 0.227. The molecule has 0 amide bonds. The quantitative estimate of drug-likeness (QED) is 0.496. The summed E-state index contributed by atoms with van der Waals surface area (Å²) in [6.45, 7) is 3.95. The van der Waals surface area contributed by atoms with Gasteiger partial charge in [-0.05, 0) is 37.1 Å². The number of ether oxygens (including phenoxy) is 1. The highest BCUT2D eigenvalue weighted by molar-refractivity contribution is 7.17. The van der Waals surface area contributed by atoms with Gasteiger partial charge in [-0.3, -0.25) is 0 Å². The lowest BCUT2D eigenvalue weighted by Gasteiger charge is -2.21. The fourth-order valence-corrected chi connectivity index (χ4v) is 4.39. The first-order valence-corrected chi connectivity index (χ1v) is 10.6. The van der Waals surface area contributed by atoms with Crippen molar-refractivity contribution in [1.29, 1.82) is 0 Å². The van der Waals surface area contributed by atoms with Gasteiger partial charge in [-0.1, -0.05) is 65.4 Å². The third-order valence-electron chi connectivity index (χ3n) is 4.71. The predicted molar refractivity (Wildman–Crippen MR) is 117 cm³/mol. The van der Waals surface area contributed by atoms with E-state index in [1.807, 2.05) is 54.4 Å². The van der Waals surface area contributed by atoms with Gasteiger partial charge in [0.05, 0.1) is 24.1 Å². The number of halogens is 1. The normalized spacial score (nSPS) is 16.0. The molecule has 0 fully saturated rings. The van der Waals surface area contributed by atoms with Gasteiger partial charge in [0, 0.05) is 11.4 Å². The minimum atomic E-state index is -0.344. The van der Waals surface area contributed by atoms with E-state index in [1.165, 1.54) is 11.3 Å². The number of carbonyl (C=O) groups is 1. The monoisotopic (exact) mass is 425 g/mol. The molecule has 1 aliphatic heterocycles. The lowest BCUT2D eigenvalue weighted by Crippen LogP contribution is -2.18. The van der Waals surface area contributed by atoms with Gasteiger partial charge in [0.25, 0.3) is 0 Å². The Morgan fingerprint density at radius 3 is 2.62 bits per heavy atom. The molecule has 148 valence electrons. The van der Waals surface area contributed by atoms with Gasteiger partial charge >= 0.3 is 5.97 Å². The molecule has 0 saturated carbocycles. The lowest BCUT2D eigenvalue weighted by atomic mass is 9.99. The van der Waals surface area contributed by atoms with Gasteiger partial charge < -0.3 is 4.74 Å². The molecule has 4 rings (SSSR count). The zero-order valence-corrected chi connectivity index (χ0v) is 17.7. The Kier molecular flexibility index (Phi) is 5.65. The van der Waals surface area contributed by atoms with E-state index >= 15 is 0 Å². The third-order valence-corrected chi connectivity index (χ3v) is 6.09. The maximum absolute atomic E-state index is 12.2. The second-order valence-electron chi connectivity index (χ2n) is 6.66. The number of rotatable bonds is 5. The van der Waals surface area contributed by atoms with Crippen LogP contribution in [-0.2, 0) is 4.74 Å². The van der Waals surface area contributed by atoms with Crippen LogP contribution in [0.15, 0.2) is 59.7 Å². The molecule has 1 aliphatic rings. The van der Waals surface area contributed by atoms with E-state index in [1.54, 1.807) is 6.92 Å². The summed E-state index contributed by atoms with van der Waals surface area (Å²) in [5.74, 6) is -0.344. The number of hydrogen-bond acceptors (Lipinski definition) is 6. The number of aromatic nitrogens is 1. The molecule has 1 aromatic heterocycles. The Labute approximate surface area is 178 Å². The number of aryl methyl sites for hydroxylation is 1. The molecule has 0 aliphatic carbocycles. The zero-order chi connectivity index (χ0) is 20.4. The number of carbonyl (C=O) groups excluding carboxylic acids is 1. The standard InChI is InChI=1S/C22H20ClN3O2S/c1-3-28-21(27)20-14(2)24-22(29-20)26-19(16-9-11-17(23)12-10-16)13-18(25-26)15-7-5-4-6-8-15/h4-12,19H,3,13H2,1-2H3/t19-/m1/s1. The van der Waals surface area contributed by atoms with Crippen molar-refractivity contribution in [2.24, 2.45) is 5.10 Å². The van der Waals surface area contributed by atoms with E-state index in [-0.39, 0.29) is 12.0 Å². The Bertz CT molecular complexity index is 1050. The summed E-state index contributed by atoms with van der Waals surface area (Å²) in [4.78, 5) is 17.4. The molecule has 0 spiro atoms. The van der Waals surface area contributed by atoms with Crippen LogP contribution >= 0.6 is 22.9 Å². The second-order valence-corrected chi connectivity index (χ2v) is 8.07. The molecular formula is C22H20ClN3O2S. The molecular weight excluding hydrogens is 406 g/mol. The summed E-state index contributed by atoms with van der Waals surface area (Å²) in [6.07, 6.45) is 0.735. The number of esters is 1. The van der Waals surface area contributed by atoms with Gasteiger partial charge in [-0.2, -0.15) is 5.10 Å². The average molecular weight is 426 g/mol. The summed E-state index contributed by atoms with van der Waals surface area (Å²) >= 11 is 7.39. The SMILES string of the molecule is CCOC(=O)c1sc(N2N=C(c3ccccc3)C[C@@H]2c2ccc(Cl)cc2)nc1C. The molecule has 3 aromatic rings. The largest absolute Gasteiger partial charge is 0.462 e. The first-order chi connectivity index (χ1) is 14.1. The molecule has 5 nitrogen and oxygen atoms in total. The second kappa shape index (κ2) is 8.35. The zero-order valence-electron chi connectivity index (χ0n) is 16.1. The van der Waals surface area contributed by atoms with Crippen molar-refractivity contribution in [3.63, 3.8) is 0 Å². The summed E-state index contributed by atoms with van der Waals surface area (Å²) in [5.41, 5.74) is 3.81. The number of hydrazone groups is 1. The molecule has 7 heteroatoms. The summed E-state index contributed by atoms with van der Waals surface area (Å²) < 4.78 is 5.16. The number of nitrogens with zero attached hydrogens (tertiary/aromatic N) is 3.